The SMILES string of the molecule is Cc1ccc(N(C)CCC(F)(F)F)c(CCl)c1. The molecule has 1 aromatic carbocycles. The van der Waals surface area contributed by atoms with Gasteiger partial charge in [0, 0.05) is 25.2 Å². The third kappa shape index (κ3) is 4.46. The monoisotopic (exact) mass is 265 g/mol. The zero-order valence-electron chi connectivity index (χ0n) is 9.81. The highest BCUT2D eigenvalue weighted by atomic mass is 35.5. The average Bonchev–Trinajstić information content (AvgIpc) is 2.24. The summed E-state index contributed by atoms with van der Waals surface area (Å²) in [5.41, 5.74) is 2.67. The van der Waals surface area contributed by atoms with Gasteiger partial charge in [-0.2, -0.15) is 13.2 Å². The van der Waals surface area contributed by atoms with Crippen LogP contribution in [0, 0.1) is 6.92 Å². The third-order valence-corrected chi connectivity index (χ3v) is 2.81. The molecule has 0 atom stereocenters. The molecule has 0 aromatic heterocycles. The number of rotatable bonds is 4. The van der Waals surface area contributed by atoms with Crippen molar-refractivity contribution in [3.63, 3.8) is 0 Å². The second-order valence-corrected chi connectivity index (χ2v) is 4.32. The van der Waals surface area contributed by atoms with Crippen LogP contribution in [0.15, 0.2) is 18.2 Å². The van der Waals surface area contributed by atoms with Crippen LogP contribution in [0.2, 0.25) is 0 Å². The van der Waals surface area contributed by atoms with Gasteiger partial charge in [-0.3, -0.25) is 0 Å². The van der Waals surface area contributed by atoms with Crippen LogP contribution in [0.3, 0.4) is 0 Å². The van der Waals surface area contributed by atoms with Crippen molar-refractivity contribution in [3.05, 3.63) is 29.3 Å². The molecular formula is C12H15ClF3N. The van der Waals surface area contributed by atoms with Crippen LogP contribution >= 0.6 is 11.6 Å². The van der Waals surface area contributed by atoms with Crippen LogP contribution in [-0.4, -0.2) is 19.8 Å². The zero-order chi connectivity index (χ0) is 13.1. The fourth-order valence-corrected chi connectivity index (χ4v) is 1.82. The van der Waals surface area contributed by atoms with Crippen molar-refractivity contribution >= 4 is 17.3 Å². The van der Waals surface area contributed by atoms with Crippen LogP contribution in [0.1, 0.15) is 17.5 Å². The number of alkyl halides is 4. The summed E-state index contributed by atoms with van der Waals surface area (Å²) in [7, 11) is 1.65. The van der Waals surface area contributed by atoms with Gasteiger partial charge in [0.15, 0.2) is 0 Å². The molecule has 0 fully saturated rings. The van der Waals surface area contributed by atoms with Gasteiger partial charge in [-0.05, 0) is 18.6 Å². The van der Waals surface area contributed by atoms with E-state index in [0.717, 1.165) is 16.8 Å². The summed E-state index contributed by atoms with van der Waals surface area (Å²) in [5, 5.41) is 0. The highest BCUT2D eigenvalue weighted by molar-refractivity contribution is 6.17. The molecule has 1 rings (SSSR count). The first-order valence-corrected chi connectivity index (χ1v) is 5.80. The highest BCUT2D eigenvalue weighted by Gasteiger charge is 2.27. The van der Waals surface area contributed by atoms with Gasteiger partial charge in [0.25, 0.3) is 0 Å². The standard InChI is InChI=1S/C12H15ClF3N/c1-9-3-4-11(10(7-9)8-13)17(2)6-5-12(14,15)16/h3-4,7H,5-6,8H2,1-2H3. The van der Waals surface area contributed by atoms with Gasteiger partial charge >= 0.3 is 6.18 Å². The summed E-state index contributed by atoms with van der Waals surface area (Å²) in [6.45, 7) is 1.87. The Kier molecular flexibility index (Phi) is 4.69. The number of hydrogen-bond acceptors (Lipinski definition) is 1. The van der Waals surface area contributed by atoms with Crippen LogP contribution in [-0.2, 0) is 5.88 Å². The zero-order valence-corrected chi connectivity index (χ0v) is 10.6. The Morgan fingerprint density at radius 1 is 1.29 bits per heavy atom. The topological polar surface area (TPSA) is 3.24 Å². The van der Waals surface area contributed by atoms with E-state index in [4.69, 9.17) is 11.6 Å². The maximum Gasteiger partial charge on any atom is 0.390 e. The van der Waals surface area contributed by atoms with E-state index < -0.39 is 12.6 Å². The molecule has 0 saturated carbocycles. The Hall–Kier alpha value is -0.900. The molecule has 96 valence electrons. The molecule has 1 nitrogen and oxygen atoms in total. The number of halogens is 4. The summed E-state index contributed by atoms with van der Waals surface area (Å²) in [5.74, 6) is 0.299. The normalized spacial score (nSPS) is 11.6. The van der Waals surface area contributed by atoms with Crippen LogP contribution < -0.4 is 4.90 Å². The quantitative estimate of drug-likeness (QED) is 0.740. The van der Waals surface area contributed by atoms with E-state index in [0.29, 0.717) is 5.88 Å². The van der Waals surface area contributed by atoms with E-state index in [1.54, 1.807) is 11.9 Å². The Balaban J connectivity index is 2.78. The van der Waals surface area contributed by atoms with Gasteiger partial charge in [0.2, 0.25) is 0 Å². The maximum atomic E-state index is 12.1. The molecule has 0 aliphatic rings. The summed E-state index contributed by atoms with van der Waals surface area (Å²) < 4.78 is 36.4. The highest BCUT2D eigenvalue weighted by Crippen LogP contribution is 2.25. The van der Waals surface area contributed by atoms with Crippen molar-refractivity contribution < 1.29 is 13.2 Å². The van der Waals surface area contributed by atoms with E-state index in [9.17, 15) is 13.2 Å². The largest absolute Gasteiger partial charge is 0.390 e. The molecule has 0 heterocycles. The lowest BCUT2D eigenvalue weighted by atomic mass is 10.1. The lowest BCUT2D eigenvalue weighted by Crippen LogP contribution is -2.24. The number of anilines is 1. The Morgan fingerprint density at radius 3 is 2.47 bits per heavy atom. The Morgan fingerprint density at radius 2 is 1.94 bits per heavy atom. The van der Waals surface area contributed by atoms with Crippen molar-refractivity contribution in [1.82, 2.24) is 0 Å². The lowest BCUT2D eigenvalue weighted by Gasteiger charge is -2.23. The second kappa shape index (κ2) is 5.63. The molecule has 5 heteroatoms. The van der Waals surface area contributed by atoms with Crippen LogP contribution in [0.5, 0.6) is 0 Å². The Labute approximate surface area is 104 Å². The van der Waals surface area contributed by atoms with Crippen LogP contribution in [0.4, 0.5) is 18.9 Å². The predicted octanol–water partition coefficient (Wildman–Crippen LogP) is 4.12. The van der Waals surface area contributed by atoms with Crippen molar-refractivity contribution in [2.45, 2.75) is 25.4 Å². The number of hydrogen-bond donors (Lipinski definition) is 0. The predicted molar refractivity (Wildman–Crippen MR) is 64.7 cm³/mol. The first-order chi connectivity index (χ1) is 7.83. The summed E-state index contributed by atoms with van der Waals surface area (Å²) in [6, 6.07) is 5.57. The first kappa shape index (κ1) is 14.2. The van der Waals surface area contributed by atoms with E-state index in [1.165, 1.54) is 0 Å². The lowest BCUT2D eigenvalue weighted by molar-refractivity contribution is -0.132. The smallest absolute Gasteiger partial charge is 0.374 e. The number of benzene rings is 1. The fraction of sp³-hybridized carbons (Fsp3) is 0.500. The minimum atomic E-state index is -4.12. The molecule has 0 saturated heterocycles. The van der Waals surface area contributed by atoms with Crippen LogP contribution in [0.25, 0.3) is 0 Å². The van der Waals surface area contributed by atoms with Gasteiger partial charge in [-0.15, -0.1) is 11.6 Å². The van der Waals surface area contributed by atoms with Crippen molar-refractivity contribution in [1.29, 1.82) is 0 Å². The van der Waals surface area contributed by atoms with Gasteiger partial charge < -0.3 is 4.90 Å². The molecule has 0 amide bonds. The van der Waals surface area contributed by atoms with Gasteiger partial charge in [-0.25, -0.2) is 0 Å². The first-order valence-electron chi connectivity index (χ1n) is 5.27. The van der Waals surface area contributed by atoms with Gasteiger partial charge in [0.1, 0.15) is 0 Å². The molecule has 1 aromatic rings. The molecule has 0 aliphatic heterocycles. The summed E-state index contributed by atoms with van der Waals surface area (Å²) >= 11 is 5.79. The molecule has 17 heavy (non-hydrogen) atoms. The van der Waals surface area contributed by atoms with E-state index in [1.807, 2.05) is 25.1 Å². The van der Waals surface area contributed by atoms with Crippen molar-refractivity contribution in [2.75, 3.05) is 18.5 Å². The Bertz CT molecular complexity index is 377. The number of aryl methyl sites for hydroxylation is 1. The molecule has 0 bridgehead atoms. The average molecular weight is 266 g/mol. The molecule has 0 N–H and O–H groups in total. The maximum absolute atomic E-state index is 12.1. The molecule has 0 radical (unpaired) electrons. The molecular weight excluding hydrogens is 251 g/mol. The van der Waals surface area contributed by atoms with Crippen molar-refractivity contribution in [3.8, 4) is 0 Å². The molecule has 0 aliphatic carbocycles. The van der Waals surface area contributed by atoms with E-state index in [-0.39, 0.29) is 6.54 Å². The minimum Gasteiger partial charge on any atom is -0.374 e. The fourth-order valence-electron chi connectivity index (χ4n) is 1.61. The van der Waals surface area contributed by atoms with Crippen molar-refractivity contribution in [2.24, 2.45) is 0 Å². The molecule has 0 unspecified atom stereocenters. The summed E-state index contributed by atoms with van der Waals surface area (Å²) in [4.78, 5) is 1.59. The van der Waals surface area contributed by atoms with Gasteiger partial charge in [0.05, 0.1) is 6.42 Å². The third-order valence-electron chi connectivity index (χ3n) is 2.52. The van der Waals surface area contributed by atoms with E-state index in [2.05, 4.69) is 0 Å². The minimum absolute atomic E-state index is 0.0591. The number of nitrogens with zero attached hydrogens (tertiary/aromatic N) is 1. The van der Waals surface area contributed by atoms with Gasteiger partial charge in [-0.1, -0.05) is 17.7 Å². The van der Waals surface area contributed by atoms with E-state index >= 15 is 0 Å². The summed E-state index contributed by atoms with van der Waals surface area (Å²) in [6.07, 6.45) is -4.95. The molecule has 0 spiro atoms. The second-order valence-electron chi connectivity index (χ2n) is 4.05.